The molecule has 1 amide bonds. The van der Waals surface area contributed by atoms with E-state index in [0.29, 0.717) is 12.2 Å². The van der Waals surface area contributed by atoms with Crippen LogP contribution in [0, 0.1) is 0 Å². The number of nitrogens with zero attached hydrogens (tertiary/aromatic N) is 3. The molecule has 1 aromatic heterocycles. The molecule has 0 saturated heterocycles. The highest BCUT2D eigenvalue weighted by Crippen LogP contribution is 1.89. The Kier molecular flexibility index (Phi) is 2.17. The number of nitrogens with two attached hydrogens (primary N) is 2. The van der Waals surface area contributed by atoms with E-state index >= 15 is 0 Å². The summed E-state index contributed by atoms with van der Waals surface area (Å²) in [4.78, 5) is 10.4. The fraction of sp³-hybridized carbons (Fsp3) is 0.400. The van der Waals surface area contributed by atoms with Gasteiger partial charge in [0, 0.05) is 6.54 Å². The van der Waals surface area contributed by atoms with Gasteiger partial charge in [-0.1, -0.05) is 5.21 Å². The smallest absolute Gasteiger partial charge is 0.239 e. The van der Waals surface area contributed by atoms with E-state index in [9.17, 15) is 4.79 Å². The summed E-state index contributed by atoms with van der Waals surface area (Å²) in [6, 6.07) is 0. The number of aromatic nitrogens is 3. The Morgan fingerprint density at radius 1 is 1.73 bits per heavy atom. The van der Waals surface area contributed by atoms with Gasteiger partial charge in [0.05, 0.1) is 11.9 Å². The SMILES string of the molecule is NCc1cn(CC(N)=O)nn1. The summed E-state index contributed by atoms with van der Waals surface area (Å²) in [6.45, 7) is 0.367. The molecule has 0 saturated carbocycles. The molecule has 0 radical (unpaired) electrons. The topological polar surface area (TPSA) is 99.8 Å². The van der Waals surface area contributed by atoms with E-state index in [0.717, 1.165) is 0 Å². The van der Waals surface area contributed by atoms with Gasteiger partial charge < -0.3 is 11.5 Å². The molecule has 4 N–H and O–H groups in total. The lowest BCUT2D eigenvalue weighted by Gasteiger charge is -1.91. The molecule has 0 aliphatic rings. The first-order valence-corrected chi connectivity index (χ1v) is 3.09. The molecule has 6 heteroatoms. The van der Waals surface area contributed by atoms with Gasteiger partial charge in [-0.15, -0.1) is 5.10 Å². The van der Waals surface area contributed by atoms with Crippen molar-refractivity contribution >= 4 is 5.91 Å². The predicted octanol–water partition coefficient (Wildman–Crippen LogP) is -1.78. The van der Waals surface area contributed by atoms with E-state index in [1.165, 1.54) is 4.68 Å². The van der Waals surface area contributed by atoms with Gasteiger partial charge in [-0.25, -0.2) is 4.68 Å². The van der Waals surface area contributed by atoms with Gasteiger partial charge in [0.25, 0.3) is 0 Å². The highest BCUT2D eigenvalue weighted by molar-refractivity contribution is 5.73. The van der Waals surface area contributed by atoms with Gasteiger partial charge in [-0.2, -0.15) is 0 Å². The van der Waals surface area contributed by atoms with Crippen LogP contribution in [0.25, 0.3) is 0 Å². The van der Waals surface area contributed by atoms with Crippen LogP contribution in [-0.4, -0.2) is 20.9 Å². The lowest BCUT2D eigenvalue weighted by molar-refractivity contribution is -0.118. The van der Waals surface area contributed by atoms with E-state index < -0.39 is 5.91 Å². The van der Waals surface area contributed by atoms with Crippen molar-refractivity contribution in [2.75, 3.05) is 0 Å². The van der Waals surface area contributed by atoms with Gasteiger partial charge in [-0.3, -0.25) is 4.79 Å². The molecule has 60 valence electrons. The summed E-state index contributed by atoms with van der Waals surface area (Å²) in [5.41, 5.74) is 10.8. The molecule has 1 heterocycles. The van der Waals surface area contributed by atoms with Crippen molar-refractivity contribution in [3.63, 3.8) is 0 Å². The van der Waals surface area contributed by atoms with E-state index in [1.54, 1.807) is 6.20 Å². The number of amides is 1. The number of hydrogen-bond donors (Lipinski definition) is 2. The summed E-state index contributed by atoms with van der Waals surface area (Å²) in [5, 5.41) is 7.28. The summed E-state index contributed by atoms with van der Waals surface area (Å²) < 4.78 is 1.35. The third kappa shape index (κ3) is 2.01. The first kappa shape index (κ1) is 7.67. The Morgan fingerprint density at radius 3 is 2.91 bits per heavy atom. The third-order valence-corrected chi connectivity index (χ3v) is 1.11. The average molecular weight is 155 g/mol. The Bertz CT molecular complexity index is 255. The minimum absolute atomic E-state index is 0.0486. The monoisotopic (exact) mass is 155 g/mol. The molecule has 1 aromatic rings. The van der Waals surface area contributed by atoms with Crippen LogP contribution in [0.5, 0.6) is 0 Å². The highest BCUT2D eigenvalue weighted by Gasteiger charge is 1.99. The lowest BCUT2D eigenvalue weighted by atomic mass is 10.5. The van der Waals surface area contributed by atoms with E-state index in [1.807, 2.05) is 0 Å². The standard InChI is InChI=1S/C5H9N5O/c6-1-4-2-10(9-8-4)3-5(7)11/h2H,1,3,6H2,(H2,7,11). The molecule has 11 heavy (non-hydrogen) atoms. The van der Waals surface area contributed by atoms with Crippen LogP contribution in [-0.2, 0) is 17.9 Å². The van der Waals surface area contributed by atoms with Crippen molar-refractivity contribution < 1.29 is 4.79 Å². The highest BCUT2D eigenvalue weighted by atomic mass is 16.1. The normalized spacial score (nSPS) is 9.91. The minimum atomic E-state index is -0.446. The predicted molar refractivity (Wildman–Crippen MR) is 37.1 cm³/mol. The zero-order chi connectivity index (χ0) is 8.27. The number of hydrogen-bond acceptors (Lipinski definition) is 4. The fourth-order valence-corrected chi connectivity index (χ4v) is 0.669. The number of rotatable bonds is 3. The van der Waals surface area contributed by atoms with Crippen molar-refractivity contribution in [3.8, 4) is 0 Å². The van der Waals surface area contributed by atoms with Gasteiger partial charge in [0.1, 0.15) is 6.54 Å². The van der Waals surface area contributed by atoms with Crippen molar-refractivity contribution in [1.29, 1.82) is 0 Å². The molecule has 1 rings (SSSR count). The van der Waals surface area contributed by atoms with Crippen LogP contribution in [0.2, 0.25) is 0 Å². The van der Waals surface area contributed by atoms with E-state index in [-0.39, 0.29) is 6.54 Å². The Morgan fingerprint density at radius 2 is 2.45 bits per heavy atom. The Labute approximate surface area is 63.2 Å². The zero-order valence-corrected chi connectivity index (χ0v) is 5.90. The lowest BCUT2D eigenvalue weighted by Crippen LogP contribution is -2.18. The third-order valence-electron chi connectivity index (χ3n) is 1.11. The molecular weight excluding hydrogens is 146 g/mol. The molecule has 0 aromatic carbocycles. The molecule has 0 atom stereocenters. The van der Waals surface area contributed by atoms with Gasteiger partial charge in [-0.05, 0) is 0 Å². The van der Waals surface area contributed by atoms with Crippen LogP contribution >= 0.6 is 0 Å². The molecule has 0 bridgehead atoms. The number of carbonyl (C=O) groups excluding carboxylic acids is 1. The second kappa shape index (κ2) is 3.11. The maximum absolute atomic E-state index is 10.4. The first-order chi connectivity index (χ1) is 5.22. The van der Waals surface area contributed by atoms with Crippen LogP contribution in [0.1, 0.15) is 5.69 Å². The van der Waals surface area contributed by atoms with Crippen LogP contribution in [0.4, 0.5) is 0 Å². The average Bonchev–Trinajstić information content (AvgIpc) is 2.34. The Hall–Kier alpha value is -1.43. The van der Waals surface area contributed by atoms with Crippen molar-refractivity contribution in [3.05, 3.63) is 11.9 Å². The molecule has 0 aliphatic heterocycles. The summed E-state index contributed by atoms with van der Waals surface area (Å²) in [6.07, 6.45) is 1.59. The molecular formula is C5H9N5O. The van der Waals surface area contributed by atoms with Crippen LogP contribution in [0.15, 0.2) is 6.20 Å². The maximum Gasteiger partial charge on any atom is 0.239 e. The molecule has 0 aliphatic carbocycles. The van der Waals surface area contributed by atoms with Gasteiger partial charge >= 0.3 is 0 Å². The van der Waals surface area contributed by atoms with Gasteiger partial charge in [0.2, 0.25) is 5.91 Å². The molecule has 0 unspecified atom stereocenters. The molecule has 6 nitrogen and oxygen atoms in total. The van der Waals surface area contributed by atoms with E-state index in [2.05, 4.69) is 10.3 Å². The zero-order valence-electron chi connectivity index (χ0n) is 5.90. The van der Waals surface area contributed by atoms with Crippen molar-refractivity contribution in [2.45, 2.75) is 13.1 Å². The molecule has 0 spiro atoms. The van der Waals surface area contributed by atoms with Crippen molar-refractivity contribution in [2.24, 2.45) is 11.5 Å². The van der Waals surface area contributed by atoms with E-state index in [4.69, 9.17) is 11.5 Å². The second-order valence-electron chi connectivity index (χ2n) is 2.08. The maximum atomic E-state index is 10.4. The number of primary amides is 1. The summed E-state index contributed by atoms with van der Waals surface area (Å²) in [5.74, 6) is -0.446. The minimum Gasteiger partial charge on any atom is -0.368 e. The molecule has 0 fully saturated rings. The van der Waals surface area contributed by atoms with Gasteiger partial charge in [0.15, 0.2) is 0 Å². The second-order valence-corrected chi connectivity index (χ2v) is 2.08. The Balaban J connectivity index is 2.65. The number of carbonyl (C=O) groups is 1. The van der Waals surface area contributed by atoms with Crippen LogP contribution < -0.4 is 11.5 Å². The quantitative estimate of drug-likeness (QED) is 0.539. The fourth-order valence-electron chi connectivity index (χ4n) is 0.669. The summed E-state index contributed by atoms with van der Waals surface area (Å²) >= 11 is 0. The first-order valence-electron chi connectivity index (χ1n) is 3.09. The van der Waals surface area contributed by atoms with Crippen molar-refractivity contribution in [1.82, 2.24) is 15.0 Å². The summed E-state index contributed by atoms with van der Waals surface area (Å²) in [7, 11) is 0. The largest absolute Gasteiger partial charge is 0.368 e. The van der Waals surface area contributed by atoms with Crippen LogP contribution in [0.3, 0.4) is 0 Å².